The number of hydrogen-bond acceptors (Lipinski definition) is 5. The van der Waals surface area contributed by atoms with Crippen LogP contribution < -0.4 is 5.32 Å². The minimum atomic E-state index is -0.214. The molecule has 0 saturated heterocycles. The summed E-state index contributed by atoms with van der Waals surface area (Å²) >= 11 is 0. The lowest BCUT2D eigenvalue weighted by atomic mass is 10.0. The van der Waals surface area contributed by atoms with Crippen molar-refractivity contribution in [2.75, 3.05) is 18.5 Å². The van der Waals surface area contributed by atoms with Crippen LogP contribution in [0.25, 0.3) is 5.52 Å². The van der Waals surface area contributed by atoms with E-state index in [0.29, 0.717) is 0 Å². The van der Waals surface area contributed by atoms with Gasteiger partial charge in [-0.1, -0.05) is 60.7 Å². The van der Waals surface area contributed by atoms with Crippen LogP contribution in [0.1, 0.15) is 28.3 Å². The normalized spacial score (nSPS) is 15.1. The molecule has 6 heteroatoms. The molecule has 5 rings (SSSR count). The van der Waals surface area contributed by atoms with E-state index in [1.807, 2.05) is 34.8 Å². The summed E-state index contributed by atoms with van der Waals surface area (Å²) in [6, 6.07) is 20.4. The molecule has 0 bridgehead atoms. The molecule has 30 heavy (non-hydrogen) atoms. The highest BCUT2D eigenvalue weighted by Gasteiger charge is 2.24. The van der Waals surface area contributed by atoms with Gasteiger partial charge in [0.1, 0.15) is 11.8 Å². The first-order chi connectivity index (χ1) is 14.8. The largest absolute Gasteiger partial charge is 0.394 e. The molecule has 6 nitrogen and oxygen atoms in total. The van der Waals surface area contributed by atoms with Gasteiger partial charge in [0.2, 0.25) is 0 Å². The van der Waals surface area contributed by atoms with E-state index in [4.69, 9.17) is 0 Å². The quantitative estimate of drug-likeness (QED) is 0.520. The number of rotatable bonds is 6. The molecular weight excluding hydrogens is 374 g/mol. The molecule has 2 aromatic heterocycles. The Kier molecular flexibility index (Phi) is 5.17. The van der Waals surface area contributed by atoms with Gasteiger partial charge in [0.25, 0.3) is 0 Å². The number of aromatic nitrogens is 3. The monoisotopic (exact) mass is 399 g/mol. The second-order valence-electron chi connectivity index (χ2n) is 7.77. The molecule has 0 saturated carbocycles. The van der Waals surface area contributed by atoms with Crippen LogP contribution in [-0.4, -0.2) is 37.8 Å². The number of aliphatic hydroxyl groups excluding tert-OH is 1. The van der Waals surface area contributed by atoms with Gasteiger partial charge in [0.15, 0.2) is 5.82 Å². The maximum absolute atomic E-state index is 9.96. The third-order valence-corrected chi connectivity index (χ3v) is 5.78. The second kappa shape index (κ2) is 8.26. The van der Waals surface area contributed by atoms with Crippen LogP contribution in [0.15, 0.2) is 73.2 Å². The first kappa shape index (κ1) is 18.8. The molecule has 0 amide bonds. The maximum atomic E-state index is 9.96. The molecule has 0 aliphatic carbocycles. The molecular formula is C24H25N5O. The van der Waals surface area contributed by atoms with Crippen LogP contribution in [0.4, 0.5) is 5.82 Å². The number of nitrogens with one attached hydrogen (secondary N) is 1. The van der Waals surface area contributed by atoms with Crippen molar-refractivity contribution < 1.29 is 5.11 Å². The van der Waals surface area contributed by atoms with Gasteiger partial charge in [-0.2, -0.15) is 5.10 Å². The zero-order chi connectivity index (χ0) is 20.3. The summed E-state index contributed by atoms with van der Waals surface area (Å²) in [4.78, 5) is 6.99. The number of hydrogen-bond donors (Lipinski definition) is 2. The van der Waals surface area contributed by atoms with Gasteiger partial charge in [0.05, 0.1) is 12.6 Å². The summed E-state index contributed by atoms with van der Waals surface area (Å²) < 4.78 is 1.92. The minimum Gasteiger partial charge on any atom is -0.394 e. The molecule has 0 spiro atoms. The van der Waals surface area contributed by atoms with E-state index in [2.05, 4.69) is 56.8 Å². The summed E-state index contributed by atoms with van der Waals surface area (Å²) in [6.07, 6.45) is 4.64. The number of benzene rings is 2. The summed E-state index contributed by atoms with van der Waals surface area (Å²) in [5.41, 5.74) is 5.97. The van der Waals surface area contributed by atoms with E-state index < -0.39 is 0 Å². The summed E-state index contributed by atoms with van der Waals surface area (Å²) in [6.45, 7) is 2.84. The van der Waals surface area contributed by atoms with E-state index in [9.17, 15) is 5.11 Å². The number of aliphatic hydroxyl groups is 1. The molecule has 0 fully saturated rings. The van der Waals surface area contributed by atoms with Crippen molar-refractivity contribution in [1.29, 1.82) is 0 Å². The van der Waals surface area contributed by atoms with Crippen molar-refractivity contribution in [2.45, 2.75) is 25.6 Å². The van der Waals surface area contributed by atoms with Crippen molar-refractivity contribution in [3.05, 3.63) is 95.4 Å². The predicted molar refractivity (Wildman–Crippen MR) is 117 cm³/mol. The maximum Gasteiger partial charge on any atom is 0.154 e. The van der Waals surface area contributed by atoms with Crippen LogP contribution in [0.5, 0.6) is 0 Å². The number of anilines is 1. The summed E-state index contributed by atoms with van der Waals surface area (Å²) in [5, 5.41) is 17.8. The molecule has 1 aliphatic rings. The average molecular weight is 399 g/mol. The van der Waals surface area contributed by atoms with E-state index >= 15 is 0 Å². The first-order valence-electron chi connectivity index (χ1n) is 10.3. The Labute approximate surface area is 175 Å². The Morgan fingerprint density at radius 2 is 1.80 bits per heavy atom. The van der Waals surface area contributed by atoms with Crippen LogP contribution in [0, 0.1) is 0 Å². The fraction of sp³-hybridized carbons (Fsp3) is 0.250. The molecule has 3 heterocycles. The first-order valence-corrected chi connectivity index (χ1v) is 10.3. The van der Waals surface area contributed by atoms with Crippen molar-refractivity contribution in [3.63, 3.8) is 0 Å². The van der Waals surface area contributed by atoms with Crippen LogP contribution in [0.3, 0.4) is 0 Å². The highest BCUT2D eigenvalue weighted by molar-refractivity contribution is 5.74. The van der Waals surface area contributed by atoms with Crippen LogP contribution >= 0.6 is 0 Å². The van der Waals surface area contributed by atoms with E-state index in [1.165, 1.54) is 16.7 Å². The van der Waals surface area contributed by atoms with E-state index in [1.54, 1.807) is 6.33 Å². The number of fused-ring (bicyclic) bond motifs is 3. The third-order valence-electron chi connectivity index (χ3n) is 5.78. The van der Waals surface area contributed by atoms with Crippen LogP contribution in [0.2, 0.25) is 0 Å². The van der Waals surface area contributed by atoms with Gasteiger partial charge in [0, 0.05) is 25.8 Å². The molecule has 0 radical (unpaired) electrons. The smallest absolute Gasteiger partial charge is 0.154 e. The third kappa shape index (κ3) is 3.67. The standard InChI is InChI=1S/C24H25N5O/c30-16-22(19-9-5-2-6-10-19)27-24-23-21-11-12-28(13-18-7-3-1-4-8-18)14-20(21)15-29(23)26-17-25-24/h1-10,15,17,22,30H,11-14,16H2,(H,25,26,27). The predicted octanol–water partition coefficient (Wildman–Crippen LogP) is 3.43. The van der Waals surface area contributed by atoms with Crippen molar-refractivity contribution >= 4 is 11.3 Å². The van der Waals surface area contributed by atoms with Gasteiger partial charge in [-0.3, -0.25) is 4.90 Å². The van der Waals surface area contributed by atoms with Gasteiger partial charge in [-0.15, -0.1) is 0 Å². The fourth-order valence-electron chi connectivity index (χ4n) is 4.30. The van der Waals surface area contributed by atoms with Crippen molar-refractivity contribution in [2.24, 2.45) is 0 Å². The molecule has 2 N–H and O–H groups in total. The minimum absolute atomic E-state index is 0.00602. The van der Waals surface area contributed by atoms with Gasteiger partial charge < -0.3 is 10.4 Å². The molecule has 1 unspecified atom stereocenters. The Balaban J connectivity index is 1.42. The Morgan fingerprint density at radius 3 is 2.57 bits per heavy atom. The average Bonchev–Trinajstić information content (AvgIpc) is 3.17. The van der Waals surface area contributed by atoms with Gasteiger partial charge >= 0.3 is 0 Å². The molecule has 4 aromatic rings. The van der Waals surface area contributed by atoms with Crippen molar-refractivity contribution in [3.8, 4) is 0 Å². The lowest BCUT2D eigenvalue weighted by molar-refractivity contribution is 0.246. The Morgan fingerprint density at radius 1 is 1.03 bits per heavy atom. The number of nitrogens with zero attached hydrogens (tertiary/aromatic N) is 4. The zero-order valence-electron chi connectivity index (χ0n) is 16.8. The van der Waals surface area contributed by atoms with E-state index in [0.717, 1.165) is 43.0 Å². The Bertz CT molecular complexity index is 1130. The van der Waals surface area contributed by atoms with Gasteiger partial charge in [-0.05, 0) is 28.7 Å². The molecule has 1 aliphatic heterocycles. The second-order valence-corrected chi connectivity index (χ2v) is 7.77. The molecule has 2 aromatic carbocycles. The zero-order valence-corrected chi connectivity index (χ0v) is 16.8. The molecule has 152 valence electrons. The van der Waals surface area contributed by atoms with Gasteiger partial charge in [-0.25, -0.2) is 9.50 Å². The summed E-state index contributed by atoms with van der Waals surface area (Å²) in [5.74, 6) is 0.769. The highest BCUT2D eigenvalue weighted by atomic mass is 16.3. The topological polar surface area (TPSA) is 65.7 Å². The summed E-state index contributed by atoms with van der Waals surface area (Å²) in [7, 11) is 0. The lowest BCUT2D eigenvalue weighted by Gasteiger charge is -2.27. The fourth-order valence-corrected chi connectivity index (χ4v) is 4.30. The lowest BCUT2D eigenvalue weighted by Crippen LogP contribution is -2.29. The van der Waals surface area contributed by atoms with Crippen LogP contribution in [-0.2, 0) is 19.5 Å². The molecule has 1 atom stereocenters. The SMILES string of the molecule is OCC(Nc1ncnn2cc3c(c12)CCN(Cc1ccccc1)C3)c1ccccc1. The van der Waals surface area contributed by atoms with E-state index in [-0.39, 0.29) is 12.6 Å². The Hall–Kier alpha value is -3.22. The highest BCUT2D eigenvalue weighted by Crippen LogP contribution is 2.30. The van der Waals surface area contributed by atoms with Crippen molar-refractivity contribution in [1.82, 2.24) is 19.5 Å².